The Morgan fingerprint density at radius 3 is 2.42 bits per heavy atom. The lowest BCUT2D eigenvalue weighted by atomic mass is 10.2. The fraction of sp³-hybridized carbons (Fsp3) is 1.00. The van der Waals surface area contributed by atoms with Gasteiger partial charge in [0.2, 0.25) is 0 Å². The molecule has 0 aliphatic carbocycles. The van der Waals surface area contributed by atoms with Crippen LogP contribution in [0.25, 0.3) is 0 Å². The summed E-state index contributed by atoms with van der Waals surface area (Å²) in [4.78, 5) is 2.65. The third-order valence-corrected chi connectivity index (χ3v) is 4.05. The van der Waals surface area contributed by atoms with Crippen molar-refractivity contribution in [2.24, 2.45) is 0 Å². The average Bonchev–Trinajstić information content (AvgIpc) is 2.60. The highest BCUT2D eigenvalue weighted by atomic mass is 32.2. The third-order valence-electron chi connectivity index (χ3n) is 3.13. The highest BCUT2D eigenvalue weighted by Gasteiger charge is 2.43. The van der Waals surface area contributed by atoms with Crippen LogP contribution in [-0.2, 0) is 0 Å². The van der Waals surface area contributed by atoms with E-state index < -0.39 is 0 Å². The maximum absolute atomic E-state index is 2.65. The summed E-state index contributed by atoms with van der Waals surface area (Å²) < 4.78 is 2.55. The first-order chi connectivity index (χ1) is 5.72. The van der Waals surface area contributed by atoms with Gasteiger partial charge in [-0.3, -0.25) is 4.90 Å². The van der Waals surface area contributed by atoms with Crippen molar-refractivity contribution in [3.05, 3.63) is 0 Å². The van der Waals surface area contributed by atoms with Gasteiger partial charge in [-0.15, -0.1) is 0 Å². The molecule has 0 radical (unpaired) electrons. The summed E-state index contributed by atoms with van der Waals surface area (Å²) >= 11 is 1.92. The molecular formula is C9H18N2S. The molecule has 2 unspecified atom stereocenters. The van der Waals surface area contributed by atoms with Gasteiger partial charge in [0.05, 0.1) is 0 Å². The van der Waals surface area contributed by atoms with Crippen LogP contribution in [0.5, 0.6) is 0 Å². The fourth-order valence-electron chi connectivity index (χ4n) is 2.52. The molecule has 0 N–H and O–H groups in total. The molecular weight excluding hydrogens is 168 g/mol. The van der Waals surface area contributed by atoms with Crippen LogP contribution < -0.4 is 0 Å². The molecule has 0 aromatic rings. The standard InChI is InChI=1S/C9H18N2S/c1-7(2)10-5-9-4-8(10)6-11(9)12-3/h7-9H,4-6H2,1-3H3. The first-order valence-corrected chi connectivity index (χ1v) is 5.97. The Hall–Kier alpha value is 0.270. The van der Waals surface area contributed by atoms with Crippen LogP contribution in [0.1, 0.15) is 20.3 Å². The summed E-state index contributed by atoms with van der Waals surface area (Å²) in [6, 6.07) is 2.43. The largest absolute Gasteiger partial charge is 0.295 e. The Balaban J connectivity index is 1.98. The number of nitrogens with zero attached hydrogens (tertiary/aromatic N) is 2. The van der Waals surface area contributed by atoms with Crippen LogP contribution in [0.4, 0.5) is 0 Å². The van der Waals surface area contributed by atoms with Gasteiger partial charge in [0, 0.05) is 31.2 Å². The van der Waals surface area contributed by atoms with Crippen LogP contribution in [0.3, 0.4) is 0 Å². The van der Waals surface area contributed by atoms with Crippen molar-refractivity contribution in [1.82, 2.24) is 9.21 Å². The van der Waals surface area contributed by atoms with Crippen molar-refractivity contribution < 1.29 is 0 Å². The lowest BCUT2D eigenvalue weighted by Crippen LogP contribution is -2.46. The van der Waals surface area contributed by atoms with Gasteiger partial charge in [-0.2, -0.15) is 0 Å². The topological polar surface area (TPSA) is 6.48 Å². The van der Waals surface area contributed by atoms with Crippen molar-refractivity contribution in [3.63, 3.8) is 0 Å². The van der Waals surface area contributed by atoms with Crippen molar-refractivity contribution in [1.29, 1.82) is 0 Å². The van der Waals surface area contributed by atoms with Crippen LogP contribution >= 0.6 is 11.9 Å². The van der Waals surface area contributed by atoms with Crippen molar-refractivity contribution in [2.75, 3.05) is 19.3 Å². The molecule has 2 nitrogen and oxygen atoms in total. The van der Waals surface area contributed by atoms with E-state index in [-0.39, 0.29) is 0 Å². The van der Waals surface area contributed by atoms with E-state index in [1.807, 2.05) is 11.9 Å². The monoisotopic (exact) mass is 186 g/mol. The minimum atomic E-state index is 0.740. The zero-order chi connectivity index (χ0) is 8.72. The average molecular weight is 186 g/mol. The van der Waals surface area contributed by atoms with E-state index in [0.29, 0.717) is 0 Å². The van der Waals surface area contributed by atoms with Crippen LogP contribution in [0.2, 0.25) is 0 Å². The highest BCUT2D eigenvalue weighted by molar-refractivity contribution is 7.96. The van der Waals surface area contributed by atoms with Gasteiger partial charge in [0.1, 0.15) is 0 Å². The Labute approximate surface area is 79.4 Å². The number of hydrogen-bond acceptors (Lipinski definition) is 3. The molecule has 2 bridgehead atoms. The Morgan fingerprint density at radius 2 is 2.00 bits per heavy atom. The number of piperazine rings is 1. The van der Waals surface area contributed by atoms with Crippen molar-refractivity contribution in [2.45, 2.75) is 38.4 Å². The molecule has 0 amide bonds. The molecule has 0 saturated carbocycles. The minimum absolute atomic E-state index is 0.740. The van der Waals surface area contributed by atoms with Crippen molar-refractivity contribution >= 4 is 11.9 Å². The SMILES string of the molecule is CSN1CC2CC1CN2C(C)C. The Kier molecular flexibility index (Phi) is 2.36. The maximum Gasteiger partial charge on any atom is 0.0346 e. The predicted octanol–water partition coefficient (Wildman–Crippen LogP) is 1.43. The molecule has 70 valence electrons. The van der Waals surface area contributed by atoms with Gasteiger partial charge in [0.25, 0.3) is 0 Å². The third kappa shape index (κ3) is 1.28. The van der Waals surface area contributed by atoms with E-state index in [1.165, 1.54) is 19.5 Å². The van der Waals surface area contributed by atoms with E-state index in [9.17, 15) is 0 Å². The first kappa shape index (κ1) is 8.85. The lowest BCUT2D eigenvalue weighted by molar-refractivity contribution is 0.152. The lowest BCUT2D eigenvalue weighted by Gasteiger charge is -2.35. The summed E-state index contributed by atoms with van der Waals surface area (Å²) in [6.45, 7) is 7.20. The van der Waals surface area contributed by atoms with E-state index in [1.54, 1.807) is 0 Å². The second kappa shape index (κ2) is 3.20. The second-order valence-electron chi connectivity index (χ2n) is 4.12. The number of likely N-dealkylation sites (tertiary alicyclic amines) is 1. The maximum atomic E-state index is 2.65. The summed E-state index contributed by atoms with van der Waals surface area (Å²) in [5.41, 5.74) is 0. The van der Waals surface area contributed by atoms with Gasteiger partial charge in [-0.25, -0.2) is 4.31 Å². The zero-order valence-corrected chi connectivity index (χ0v) is 8.97. The number of fused-ring (bicyclic) bond motifs is 2. The highest BCUT2D eigenvalue weighted by Crippen LogP contribution is 2.35. The Bertz CT molecular complexity index is 172. The van der Waals surface area contributed by atoms with Crippen LogP contribution in [0.15, 0.2) is 0 Å². The summed E-state index contributed by atoms with van der Waals surface area (Å²) in [5.74, 6) is 0. The Morgan fingerprint density at radius 1 is 1.25 bits per heavy atom. The molecule has 2 rings (SSSR count). The van der Waals surface area contributed by atoms with E-state index >= 15 is 0 Å². The van der Waals surface area contributed by atoms with Gasteiger partial charge in [0.15, 0.2) is 0 Å². The van der Waals surface area contributed by atoms with E-state index in [4.69, 9.17) is 0 Å². The van der Waals surface area contributed by atoms with Crippen LogP contribution in [0, 0.1) is 0 Å². The molecule has 2 heterocycles. The van der Waals surface area contributed by atoms with Gasteiger partial charge in [-0.1, -0.05) is 11.9 Å². The molecule has 0 aromatic carbocycles. The molecule has 2 atom stereocenters. The molecule has 0 aromatic heterocycles. The van der Waals surface area contributed by atoms with Gasteiger partial charge < -0.3 is 0 Å². The normalized spacial score (nSPS) is 37.0. The fourth-order valence-corrected chi connectivity index (χ4v) is 3.29. The molecule has 2 fully saturated rings. The number of hydrogen-bond donors (Lipinski definition) is 0. The number of rotatable bonds is 2. The van der Waals surface area contributed by atoms with E-state index in [0.717, 1.165) is 18.1 Å². The smallest absolute Gasteiger partial charge is 0.0346 e. The van der Waals surface area contributed by atoms with Gasteiger partial charge >= 0.3 is 0 Å². The quantitative estimate of drug-likeness (QED) is 0.602. The summed E-state index contributed by atoms with van der Waals surface area (Å²) in [5, 5.41) is 0. The predicted molar refractivity (Wildman–Crippen MR) is 54.3 cm³/mol. The van der Waals surface area contributed by atoms with Crippen LogP contribution in [-0.4, -0.2) is 46.7 Å². The molecule has 2 aliphatic rings. The summed E-state index contributed by atoms with van der Waals surface area (Å²) in [7, 11) is 0. The second-order valence-corrected chi connectivity index (χ2v) is 4.95. The summed E-state index contributed by atoms with van der Waals surface area (Å²) in [6.07, 6.45) is 3.60. The molecule has 2 saturated heterocycles. The zero-order valence-electron chi connectivity index (χ0n) is 8.16. The molecule has 3 heteroatoms. The van der Waals surface area contributed by atoms with E-state index in [2.05, 4.69) is 29.3 Å². The molecule has 2 aliphatic heterocycles. The molecule has 0 spiro atoms. The first-order valence-electron chi connectivity index (χ1n) is 4.79. The van der Waals surface area contributed by atoms with Gasteiger partial charge in [-0.05, 0) is 26.5 Å². The minimum Gasteiger partial charge on any atom is -0.295 e. The van der Waals surface area contributed by atoms with Crippen molar-refractivity contribution in [3.8, 4) is 0 Å². The molecule has 12 heavy (non-hydrogen) atoms.